The van der Waals surface area contributed by atoms with Crippen LogP contribution in [0.3, 0.4) is 0 Å². The molecule has 1 amide bonds. The fraction of sp³-hybridized carbons (Fsp3) is 0.300. The van der Waals surface area contributed by atoms with E-state index < -0.39 is 12.1 Å². The highest BCUT2D eigenvalue weighted by Gasteiger charge is 2.21. The maximum atomic E-state index is 12.2. The van der Waals surface area contributed by atoms with Crippen molar-refractivity contribution in [3.8, 4) is 17.2 Å². The van der Waals surface area contributed by atoms with Gasteiger partial charge in [-0.15, -0.1) is 0 Å². The van der Waals surface area contributed by atoms with Crippen molar-refractivity contribution >= 4 is 11.9 Å². The highest BCUT2D eigenvalue weighted by Crippen LogP contribution is 2.28. The van der Waals surface area contributed by atoms with E-state index >= 15 is 0 Å². The molecule has 1 heterocycles. The van der Waals surface area contributed by atoms with Crippen LogP contribution in [-0.4, -0.2) is 52.8 Å². The zero-order chi connectivity index (χ0) is 19.4. The fourth-order valence-electron chi connectivity index (χ4n) is 2.60. The van der Waals surface area contributed by atoms with E-state index in [1.807, 2.05) is 0 Å². The average Bonchev–Trinajstić information content (AvgIpc) is 2.60. The normalized spacial score (nSPS) is 14.2. The Morgan fingerprint density at radius 1 is 1.04 bits per heavy atom. The lowest BCUT2D eigenvalue weighted by atomic mass is 10.1. The van der Waals surface area contributed by atoms with Crippen LogP contribution in [-0.2, 0) is 0 Å². The van der Waals surface area contributed by atoms with Crippen LogP contribution in [0.1, 0.15) is 34.1 Å². The number of aliphatic hydroxyl groups excluding tert-OH is 1. The molecule has 0 aromatic heterocycles. The number of benzene rings is 2. The number of carbonyl (C=O) groups is 2. The van der Waals surface area contributed by atoms with Crippen LogP contribution < -0.4 is 9.47 Å². The Morgan fingerprint density at radius 2 is 1.70 bits per heavy atom. The lowest BCUT2D eigenvalue weighted by Crippen LogP contribution is -2.41. The number of aromatic carboxylic acids is 1. The zero-order valence-corrected chi connectivity index (χ0v) is 14.9. The van der Waals surface area contributed by atoms with Gasteiger partial charge in [-0.3, -0.25) is 4.79 Å². The van der Waals surface area contributed by atoms with Crippen LogP contribution >= 0.6 is 0 Å². The molecule has 0 aliphatic carbocycles. The molecular weight excluding hydrogens is 350 g/mol. The molecule has 1 fully saturated rings. The Kier molecular flexibility index (Phi) is 5.61. The van der Waals surface area contributed by atoms with E-state index in [1.165, 1.54) is 12.1 Å². The van der Waals surface area contributed by atoms with Crippen molar-refractivity contribution in [2.24, 2.45) is 0 Å². The van der Waals surface area contributed by atoms with Crippen LogP contribution in [0.2, 0.25) is 0 Å². The van der Waals surface area contributed by atoms with Gasteiger partial charge < -0.3 is 24.6 Å². The largest absolute Gasteiger partial charge is 0.488 e. The van der Waals surface area contributed by atoms with E-state index in [4.69, 9.17) is 14.6 Å². The molecule has 1 atom stereocenters. The van der Waals surface area contributed by atoms with Crippen LogP contribution in [0.4, 0.5) is 0 Å². The van der Waals surface area contributed by atoms with Gasteiger partial charge in [0.05, 0.1) is 12.2 Å². The SMILES string of the molecule is C[C@@H](CO)Oc1cc(Oc2ccc(C(=O)N3CCC3)cc2)cc(C(=O)O)c1. The van der Waals surface area contributed by atoms with Crippen LogP contribution in [0.15, 0.2) is 42.5 Å². The molecule has 3 rings (SSSR count). The highest BCUT2D eigenvalue weighted by atomic mass is 16.5. The summed E-state index contributed by atoms with van der Waals surface area (Å²) in [6.45, 7) is 3.05. The number of rotatable bonds is 7. The number of carboxylic acid groups (broad SMARTS) is 1. The number of amides is 1. The van der Waals surface area contributed by atoms with Crippen molar-refractivity contribution in [3.05, 3.63) is 53.6 Å². The van der Waals surface area contributed by atoms with Crippen molar-refractivity contribution < 1.29 is 29.3 Å². The lowest BCUT2D eigenvalue weighted by molar-refractivity contribution is 0.0650. The first-order valence-electron chi connectivity index (χ1n) is 8.69. The molecule has 2 aromatic carbocycles. The third-order valence-corrected chi connectivity index (χ3v) is 4.20. The molecule has 7 nitrogen and oxygen atoms in total. The minimum Gasteiger partial charge on any atom is -0.488 e. The summed E-state index contributed by atoms with van der Waals surface area (Å²) in [6, 6.07) is 11.0. The Balaban J connectivity index is 1.77. The Labute approximate surface area is 156 Å². The second-order valence-electron chi connectivity index (χ2n) is 6.38. The number of nitrogens with zero attached hydrogens (tertiary/aromatic N) is 1. The van der Waals surface area contributed by atoms with Crippen molar-refractivity contribution in [1.29, 1.82) is 0 Å². The summed E-state index contributed by atoms with van der Waals surface area (Å²) in [7, 11) is 0. The van der Waals surface area contributed by atoms with Gasteiger partial charge in [-0.1, -0.05) is 0 Å². The maximum absolute atomic E-state index is 12.2. The average molecular weight is 371 g/mol. The van der Waals surface area contributed by atoms with Gasteiger partial charge in [0, 0.05) is 24.7 Å². The Bertz CT molecular complexity index is 829. The van der Waals surface area contributed by atoms with E-state index in [0.29, 0.717) is 11.3 Å². The van der Waals surface area contributed by atoms with Gasteiger partial charge in [0.25, 0.3) is 5.91 Å². The van der Waals surface area contributed by atoms with Gasteiger partial charge in [-0.25, -0.2) is 4.79 Å². The summed E-state index contributed by atoms with van der Waals surface area (Å²) >= 11 is 0. The topological polar surface area (TPSA) is 96.3 Å². The van der Waals surface area contributed by atoms with Crippen LogP contribution in [0.25, 0.3) is 0 Å². The number of carboxylic acids is 1. The number of ether oxygens (including phenoxy) is 2. The van der Waals surface area contributed by atoms with Crippen LogP contribution in [0, 0.1) is 0 Å². The Hall–Kier alpha value is -3.06. The first-order valence-corrected chi connectivity index (χ1v) is 8.69. The molecule has 0 spiro atoms. The number of aliphatic hydroxyl groups is 1. The summed E-state index contributed by atoms with van der Waals surface area (Å²) in [4.78, 5) is 25.3. The number of carbonyl (C=O) groups excluding carboxylic acids is 1. The number of hydrogen-bond acceptors (Lipinski definition) is 5. The van der Waals surface area contributed by atoms with Crippen molar-refractivity contribution in [2.75, 3.05) is 19.7 Å². The highest BCUT2D eigenvalue weighted by molar-refractivity contribution is 5.94. The molecule has 7 heteroatoms. The molecule has 27 heavy (non-hydrogen) atoms. The van der Waals surface area contributed by atoms with E-state index in [9.17, 15) is 14.7 Å². The van der Waals surface area contributed by atoms with Gasteiger partial charge in [0.15, 0.2) is 0 Å². The van der Waals surface area contributed by atoms with E-state index in [2.05, 4.69) is 0 Å². The molecule has 2 N–H and O–H groups in total. The quantitative estimate of drug-likeness (QED) is 0.777. The van der Waals surface area contributed by atoms with Gasteiger partial charge in [0.1, 0.15) is 23.4 Å². The molecule has 1 aliphatic heterocycles. The smallest absolute Gasteiger partial charge is 0.335 e. The first kappa shape index (κ1) is 18.7. The maximum Gasteiger partial charge on any atom is 0.335 e. The standard InChI is InChI=1S/C20H21NO6/c1-13(12-22)26-17-9-15(20(24)25)10-18(11-17)27-16-5-3-14(4-6-16)19(23)21-7-2-8-21/h3-6,9-11,13,22H,2,7-8,12H2,1H3,(H,24,25)/t13-/m0/s1. The van der Waals surface area contributed by atoms with E-state index in [1.54, 1.807) is 42.2 Å². The van der Waals surface area contributed by atoms with Crippen LogP contribution in [0.5, 0.6) is 17.2 Å². The van der Waals surface area contributed by atoms with E-state index in [-0.39, 0.29) is 29.6 Å². The molecular formula is C20H21NO6. The monoisotopic (exact) mass is 371 g/mol. The Morgan fingerprint density at radius 3 is 2.26 bits per heavy atom. The molecule has 0 radical (unpaired) electrons. The molecule has 0 bridgehead atoms. The molecule has 1 saturated heterocycles. The minimum absolute atomic E-state index is 0.00523. The first-order chi connectivity index (χ1) is 13.0. The second kappa shape index (κ2) is 8.09. The summed E-state index contributed by atoms with van der Waals surface area (Å²) in [5, 5.41) is 18.4. The van der Waals surface area contributed by atoms with Crippen molar-refractivity contribution in [3.63, 3.8) is 0 Å². The van der Waals surface area contributed by atoms with Gasteiger partial charge in [-0.05, 0) is 49.7 Å². The third kappa shape index (κ3) is 4.57. The third-order valence-electron chi connectivity index (χ3n) is 4.20. The summed E-state index contributed by atoms with van der Waals surface area (Å²) in [5.74, 6) is -0.0708. The molecule has 1 aliphatic rings. The van der Waals surface area contributed by atoms with Crippen molar-refractivity contribution in [1.82, 2.24) is 4.90 Å². The fourth-order valence-corrected chi connectivity index (χ4v) is 2.60. The molecule has 2 aromatic rings. The predicted octanol–water partition coefficient (Wildman–Crippen LogP) is 2.78. The molecule has 0 unspecified atom stereocenters. The lowest BCUT2D eigenvalue weighted by Gasteiger charge is -2.30. The summed E-state index contributed by atoms with van der Waals surface area (Å²) in [5.41, 5.74) is 0.597. The summed E-state index contributed by atoms with van der Waals surface area (Å²) < 4.78 is 11.2. The number of hydrogen-bond donors (Lipinski definition) is 2. The second-order valence-corrected chi connectivity index (χ2v) is 6.38. The van der Waals surface area contributed by atoms with Crippen molar-refractivity contribution in [2.45, 2.75) is 19.4 Å². The van der Waals surface area contributed by atoms with E-state index in [0.717, 1.165) is 19.5 Å². The molecule has 142 valence electrons. The zero-order valence-electron chi connectivity index (χ0n) is 14.9. The molecule has 0 saturated carbocycles. The number of likely N-dealkylation sites (tertiary alicyclic amines) is 1. The van der Waals surface area contributed by atoms with Gasteiger partial charge in [0.2, 0.25) is 0 Å². The predicted molar refractivity (Wildman–Crippen MR) is 97.6 cm³/mol. The minimum atomic E-state index is -1.11. The van der Waals surface area contributed by atoms with Gasteiger partial charge >= 0.3 is 5.97 Å². The van der Waals surface area contributed by atoms with Gasteiger partial charge in [-0.2, -0.15) is 0 Å². The summed E-state index contributed by atoms with van der Waals surface area (Å²) in [6.07, 6.45) is 0.556.